The molecule has 0 aliphatic heterocycles. The molecule has 0 aliphatic carbocycles. The molecule has 0 bridgehead atoms. The Morgan fingerprint density at radius 1 is 1.24 bits per heavy atom. The number of aromatic nitrogens is 5. The van der Waals surface area contributed by atoms with Crippen LogP contribution in [0.4, 0.5) is 5.13 Å². The molecule has 0 saturated carbocycles. The number of hydrogen-bond donors (Lipinski definition) is 1. The molecule has 3 rings (SSSR count). The number of rotatable bonds is 9. The van der Waals surface area contributed by atoms with E-state index in [0.717, 1.165) is 11.4 Å². The maximum absolute atomic E-state index is 12.2. The third kappa shape index (κ3) is 5.81. The van der Waals surface area contributed by atoms with E-state index in [-0.39, 0.29) is 18.3 Å². The maximum atomic E-state index is 12.2. The highest BCUT2D eigenvalue weighted by molar-refractivity contribution is 7.99. The fraction of sp³-hybridized carbons (Fsp3) is 0.353. The molecule has 1 aromatic carbocycles. The number of nitrogens with one attached hydrogen (secondary N) is 1. The molecule has 1 amide bonds. The number of amides is 1. The van der Waals surface area contributed by atoms with Crippen LogP contribution in [0.3, 0.4) is 0 Å². The van der Waals surface area contributed by atoms with Crippen LogP contribution >= 0.6 is 46.3 Å². The molecule has 0 fully saturated rings. The van der Waals surface area contributed by atoms with Crippen LogP contribution in [0.25, 0.3) is 0 Å². The van der Waals surface area contributed by atoms with E-state index in [1.165, 1.54) is 23.1 Å². The van der Waals surface area contributed by atoms with Crippen LogP contribution in [0, 0.1) is 0 Å². The number of carbonyl (C=O) groups excluding carboxylic acids is 1. The SMILES string of the molecule is CCc1nnc(NC(=O)CSc2nnc(COc3cc(Cl)ccc3Cl)n2CC)s1. The lowest BCUT2D eigenvalue weighted by Crippen LogP contribution is -2.14. The molecule has 0 radical (unpaired) electrons. The Labute approximate surface area is 186 Å². The number of nitrogens with zero attached hydrogens (tertiary/aromatic N) is 5. The summed E-state index contributed by atoms with van der Waals surface area (Å²) < 4.78 is 7.62. The molecular weight excluding hydrogens is 455 g/mol. The molecule has 154 valence electrons. The smallest absolute Gasteiger partial charge is 0.236 e. The van der Waals surface area contributed by atoms with Gasteiger partial charge in [0.2, 0.25) is 11.0 Å². The Hall–Kier alpha value is -1.88. The number of aryl methyl sites for hydroxylation is 1. The standard InChI is InChI=1S/C17H18Cl2N6O2S2/c1-3-15-22-23-16(29-15)20-14(26)9-28-17-24-21-13(25(17)4-2)8-27-12-7-10(18)5-6-11(12)19/h5-7H,3-4,8-9H2,1-2H3,(H,20,23,26). The minimum atomic E-state index is -0.178. The van der Waals surface area contributed by atoms with Gasteiger partial charge in [0.05, 0.1) is 10.8 Å². The van der Waals surface area contributed by atoms with Gasteiger partial charge in [-0.3, -0.25) is 10.1 Å². The van der Waals surface area contributed by atoms with Gasteiger partial charge in [0, 0.05) is 17.6 Å². The van der Waals surface area contributed by atoms with Crippen molar-refractivity contribution in [3.05, 3.63) is 39.1 Å². The average Bonchev–Trinajstić information content (AvgIpc) is 3.33. The van der Waals surface area contributed by atoms with E-state index in [1.54, 1.807) is 18.2 Å². The van der Waals surface area contributed by atoms with Crippen molar-refractivity contribution in [3.8, 4) is 5.75 Å². The van der Waals surface area contributed by atoms with Crippen LogP contribution in [0.1, 0.15) is 24.7 Å². The molecule has 12 heteroatoms. The fourth-order valence-electron chi connectivity index (χ4n) is 2.31. The van der Waals surface area contributed by atoms with E-state index in [9.17, 15) is 4.79 Å². The second kappa shape index (κ2) is 10.2. The van der Waals surface area contributed by atoms with Gasteiger partial charge >= 0.3 is 0 Å². The van der Waals surface area contributed by atoms with Crippen LogP contribution in [0.2, 0.25) is 10.0 Å². The number of carbonyl (C=O) groups is 1. The third-order valence-electron chi connectivity index (χ3n) is 3.71. The largest absolute Gasteiger partial charge is 0.484 e. The molecule has 0 aliphatic rings. The summed E-state index contributed by atoms with van der Waals surface area (Å²) in [7, 11) is 0. The summed E-state index contributed by atoms with van der Waals surface area (Å²) in [5.41, 5.74) is 0. The Balaban J connectivity index is 1.58. The first kappa shape index (κ1) is 21.8. The van der Waals surface area contributed by atoms with E-state index in [0.29, 0.717) is 38.5 Å². The highest BCUT2D eigenvalue weighted by Crippen LogP contribution is 2.28. The first-order chi connectivity index (χ1) is 14.0. The average molecular weight is 473 g/mol. The van der Waals surface area contributed by atoms with Gasteiger partial charge in [0.15, 0.2) is 11.0 Å². The van der Waals surface area contributed by atoms with Gasteiger partial charge in [-0.05, 0) is 25.5 Å². The third-order valence-corrected chi connectivity index (χ3v) is 6.20. The van der Waals surface area contributed by atoms with Crippen molar-refractivity contribution in [2.45, 2.75) is 38.6 Å². The van der Waals surface area contributed by atoms with Crippen molar-refractivity contribution >= 4 is 57.3 Å². The minimum Gasteiger partial charge on any atom is -0.484 e. The van der Waals surface area contributed by atoms with Crippen molar-refractivity contribution < 1.29 is 9.53 Å². The van der Waals surface area contributed by atoms with Gasteiger partial charge in [-0.25, -0.2) is 0 Å². The molecule has 3 aromatic rings. The van der Waals surface area contributed by atoms with Gasteiger partial charge in [0.25, 0.3) is 0 Å². The van der Waals surface area contributed by atoms with Crippen LogP contribution in [-0.2, 0) is 24.4 Å². The van der Waals surface area contributed by atoms with Crippen molar-refractivity contribution in [1.29, 1.82) is 0 Å². The Kier molecular flexibility index (Phi) is 7.70. The highest BCUT2D eigenvalue weighted by Gasteiger charge is 2.15. The number of halogens is 2. The lowest BCUT2D eigenvalue weighted by Gasteiger charge is -2.10. The summed E-state index contributed by atoms with van der Waals surface area (Å²) >= 11 is 14.8. The van der Waals surface area contributed by atoms with E-state index >= 15 is 0 Å². The quantitative estimate of drug-likeness (QED) is 0.463. The topological polar surface area (TPSA) is 94.8 Å². The molecule has 1 N–H and O–H groups in total. The number of benzene rings is 1. The van der Waals surface area contributed by atoms with Crippen LogP contribution < -0.4 is 10.1 Å². The second-order valence-electron chi connectivity index (χ2n) is 5.70. The number of anilines is 1. The molecule has 2 aromatic heterocycles. The van der Waals surface area contributed by atoms with Gasteiger partial charge in [0.1, 0.15) is 17.4 Å². The van der Waals surface area contributed by atoms with Gasteiger partial charge in [-0.1, -0.05) is 53.2 Å². The second-order valence-corrected chi connectivity index (χ2v) is 8.55. The van der Waals surface area contributed by atoms with E-state index in [1.807, 2.05) is 18.4 Å². The summed E-state index contributed by atoms with van der Waals surface area (Å²) in [5, 5.41) is 22.0. The maximum Gasteiger partial charge on any atom is 0.236 e. The Bertz CT molecular complexity index is 994. The summed E-state index contributed by atoms with van der Waals surface area (Å²) in [6.45, 7) is 4.77. The van der Waals surface area contributed by atoms with E-state index in [2.05, 4.69) is 25.7 Å². The van der Waals surface area contributed by atoms with Gasteiger partial charge in [-0.15, -0.1) is 20.4 Å². The molecule has 29 heavy (non-hydrogen) atoms. The fourth-order valence-corrected chi connectivity index (χ4v) is 4.16. The summed E-state index contributed by atoms with van der Waals surface area (Å²) in [5.74, 6) is 1.10. The molecular formula is C17H18Cl2N6O2S2. The Morgan fingerprint density at radius 3 is 2.79 bits per heavy atom. The van der Waals surface area contributed by atoms with Crippen molar-refractivity contribution in [2.24, 2.45) is 0 Å². The molecule has 8 nitrogen and oxygen atoms in total. The summed E-state index contributed by atoms with van der Waals surface area (Å²) in [4.78, 5) is 12.2. The van der Waals surface area contributed by atoms with E-state index in [4.69, 9.17) is 27.9 Å². The van der Waals surface area contributed by atoms with Crippen molar-refractivity contribution in [3.63, 3.8) is 0 Å². The molecule has 0 atom stereocenters. The number of ether oxygens (including phenoxy) is 1. The summed E-state index contributed by atoms with van der Waals surface area (Å²) in [6, 6.07) is 5.01. The zero-order chi connectivity index (χ0) is 20.8. The monoisotopic (exact) mass is 472 g/mol. The number of thioether (sulfide) groups is 1. The predicted octanol–water partition coefficient (Wildman–Crippen LogP) is 4.33. The normalized spacial score (nSPS) is 10.9. The van der Waals surface area contributed by atoms with Crippen LogP contribution in [-0.4, -0.2) is 36.6 Å². The molecule has 0 spiro atoms. The van der Waals surface area contributed by atoms with Gasteiger partial charge < -0.3 is 9.30 Å². The first-order valence-electron chi connectivity index (χ1n) is 8.75. The zero-order valence-corrected chi connectivity index (χ0v) is 18.8. The van der Waals surface area contributed by atoms with E-state index < -0.39 is 0 Å². The van der Waals surface area contributed by atoms with Gasteiger partial charge in [-0.2, -0.15) is 0 Å². The molecule has 0 saturated heterocycles. The van der Waals surface area contributed by atoms with Crippen LogP contribution in [0.15, 0.2) is 23.4 Å². The molecule has 2 heterocycles. The summed E-state index contributed by atoms with van der Waals surface area (Å²) in [6.07, 6.45) is 0.785. The van der Waals surface area contributed by atoms with Crippen LogP contribution in [0.5, 0.6) is 5.75 Å². The lowest BCUT2D eigenvalue weighted by atomic mass is 10.3. The van der Waals surface area contributed by atoms with Crippen molar-refractivity contribution in [2.75, 3.05) is 11.1 Å². The Morgan fingerprint density at radius 2 is 2.07 bits per heavy atom. The van der Waals surface area contributed by atoms with Crippen molar-refractivity contribution in [1.82, 2.24) is 25.0 Å². The number of hydrogen-bond acceptors (Lipinski definition) is 8. The predicted molar refractivity (Wildman–Crippen MR) is 115 cm³/mol. The molecule has 0 unspecified atom stereocenters. The minimum absolute atomic E-state index is 0.178. The highest BCUT2D eigenvalue weighted by atomic mass is 35.5. The zero-order valence-electron chi connectivity index (χ0n) is 15.7. The first-order valence-corrected chi connectivity index (χ1v) is 11.3. The lowest BCUT2D eigenvalue weighted by molar-refractivity contribution is -0.113.